The maximum atomic E-state index is 2.41. The van der Waals surface area contributed by atoms with E-state index in [2.05, 4.69) is 72.2 Å². The number of rotatable bonds is 1. The van der Waals surface area contributed by atoms with E-state index in [1.54, 1.807) is 0 Å². The normalized spacial score (nSPS) is 13.7. The van der Waals surface area contributed by atoms with Crippen molar-refractivity contribution in [2.45, 2.75) is 19.8 Å². The molecule has 0 radical (unpaired) electrons. The lowest BCUT2D eigenvalue weighted by atomic mass is 10.0. The quantitative estimate of drug-likeness (QED) is 0.586. The number of nitrogens with zero attached hydrogens (tertiary/aromatic N) is 1. The van der Waals surface area contributed by atoms with Crippen molar-refractivity contribution in [1.82, 2.24) is 4.57 Å². The van der Waals surface area contributed by atoms with Crippen LogP contribution in [-0.4, -0.2) is 4.57 Å². The van der Waals surface area contributed by atoms with E-state index in [1.807, 2.05) is 0 Å². The van der Waals surface area contributed by atoms with Crippen LogP contribution < -0.4 is 0 Å². The fourth-order valence-electron chi connectivity index (χ4n) is 3.30. The Bertz CT molecular complexity index is 807. The van der Waals surface area contributed by atoms with Crippen LogP contribution in [0.25, 0.3) is 22.7 Å². The van der Waals surface area contributed by atoms with Gasteiger partial charge in [0.05, 0.1) is 5.52 Å². The Hall–Kier alpha value is -2.28. The van der Waals surface area contributed by atoms with Crippen LogP contribution in [0.3, 0.4) is 0 Å². The van der Waals surface area contributed by atoms with Crippen molar-refractivity contribution in [3.8, 4) is 5.69 Å². The highest BCUT2D eigenvalue weighted by Crippen LogP contribution is 2.35. The molecule has 0 bridgehead atoms. The fourth-order valence-corrected chi connectivity index (χ4v) is 3.30. The maximum Gasteiger partial charge on any atom is 0.0566 e. The van der Waals surface area contributed by atoms with Crippen LogP contribution in [0.4, 0.5) is 0 Å². The van der Waals surface area contributed by atoms with Crippen molar-refractivity contribution in [1.29, 1.82) is 0 Å². The molecule has 2 aromatic carbocycles. The average Bonchev–Trinajstić information content (AvgIpc) is 2.84. The molecule has 1 aromatic heterocycles. The molecule has 0 saturated heterocycles. The molecule has 1 heterocycles. The van der Waals surface area contributed by atoms with Gasteiger partial charge >= 0.3 is 0 Å². The Morgan fingerprint density at radius 3 is 2.65 bits per heavy atom. The van der Waals surface area contributed by atoms with E-state index >= 15 is 0 Å². The van der Waals surface area contributed by atoms with Crippen molar-refractivity contribution in [2.75, 3.05) is 0 Å². The first kappa shape index (κ1) is 11.5. The van der Waals surface area contributed by atoms with E-state index in [9.17, 15) is 0 Å². The first-order valence-corrected chi connectivity index (χ1v) is 7.21. The summed E-state index contributed by atoms with van der Waals surface area (Å²) in [6.45, 7) is 2.21. The SMILES string of the molecule is Cc1cccc2c3c(n(-c4ccccc4)c12)C=CCC3. The molecule has 0 unspecified atom stereocenters. The highest BCUT2D eigenvalue weighted by Gasteiger charge is 2.18. The zero-order chi connectivity index (χ0) is 13.5. The summed E-state index contributed by atoms with van der Waals surface area (Å²) in [5.41, 5.74) is 6.80. The number of para-hydroxylation sites is 2. The Kier molecular flexibility index (Phi) is 2.53. The van der Waals surface area contributed by atoms with Crippen molar-refractivity contribution >= 4 is 17.0 Å². The zero-order valence-electron chi connectivity index (χ0n) is 11.6. The van der Waals surface area contributed by atoms with Gasteiger partial charge in [0, 0.05) is 16.8 Å². The molecule has 98 valence electrons. The molecule has 0 aliphatic heterocycles. The summed E-state index contributed by atoms with van der Waals surface area (Å²) in [7, 11) is 0. The molecule has 1 aliphatic carbocycles. The van der Waals surface area contributed by atoms with Gasteiger partial charge in [-0.2, -0.15) is 0 Å². The molecular weight excluding hydrogens is 242 g/mol. The van der Waals surface area contributed by atoms with Gasteiger partial charge in [0.15, 0.2) is 0 Å². The van der Waals surface area contributed by atoms with Gasteiger partial charge in [0.2, 0.25) is 0 Å². The topological polar surface area (TPSA) is 4.93 Å². The number of benzene rings is 2. The number of fused-ring (bicyclic) bond motifs is 3. The predicted molar refractivity (Wildman–Crippen MR) is 85.4 cm³/mol. The van der Waals surface area contributed by atoms with Gasteiger partial charge in [-0.25, -0.2) is 0 Å². The third-order valence-electron chi connectivity index (χ3n) is 4.19. The van der Waals surface area contributed by atoms with Gasteiger partial charge < -0.3 is 4.57 Å². The van der Waals surface area contributed by atoms with Gasteiger partial charge in [0.25, 0.3) is 0 Å². The fraction of sp³-hybridized carbons (Fsp3) is 0.158. The minimum Gasteiger partial charge on any atom is -0.309 e. The summed E-state index contributed by atoms with van der Waals surface area (Å²) in [5.74, 6) is 0. The molecule has 1 nitrogen and oxygen atoms in total. The van der Waals surface area contributed by atoms with Crippen molar-refractivity contribution in [3.63, 3.8) is 0 Å². The molecule has 3 aromatic rings. The molecule has 4 rings (SSSR count). The largest absolute Gasteiger partial charge is 0.309 e. The second kappa shape index (κ2) is 4.38. The van der Waals surface area contributed by atoms with E-state index < -0.39 is 0 Å². The van der Waals surface area contributed by atoms with Crippen molar-refractivity contribution in [2.24, 2.45) is 0 Å². The summed E-state index contributed by atoms with van der Waals surface area (Å²) >= 11 is 0. The van der Waals surface area contributed by atoms with Crippen LogP contribution in [0.1, 0.15) is 23.2 Å². The van der Waals surface area contributed by atoms with Gasteiger partial charge in [0.1, 0.15) is 0 Å². The highest BCUT2D eigenvalue weighted by atomic mass is 15.0. The molecule has 0 saturated carbocycles. The molecule has 0 N–H and O–H groups in total. The second-order valence-electron chi connectivity index (χ2n) is 5.45. The van der Waals surface area contributed by atoms with Crippen LogP contribution in [0.5, 0.6) is 0 Å². The Balaban J connectivity index is 2.17. The van der Waals surface area contributed by atoms with Crippen LogP contribution in [0.15, 0.2) is 54.6 Å². The van der Waals surface area contributed by atoms with Gasteiger partial charge in [-0.3, -0.25) is 0 Å². The Morgan fingerprint density at radius 1 is 0.950 bits per heavy atom. The number of aryl methyl sites for hydroxylation is 2. The van der Waals surface area contributed by atoms with Crippen LogP contribution in [0.2, 0.25) is 0 Å². The summed E-state index contributed by atoms with van der Waals surface area (Å²) in [5, 5.41) is 1.41. The summed E-state index contributed by atoms with van der Waals surface area (Å²) in [4.78, 5) is 0. The zero-order valence-corrected chi connectivity index (χ0v) is 11.6. The van der Waals surface area contributed by atoms with E-state index in [0.717, 1.165) is 12.8 Å². The number of hydrogen-bond donors (Lipinski definition) is 0. The van der Waals surface area contributed by atoms with Crippen molar-refractivity contribution in [3.05, 3.63) is 71.4 Å². The lowest BCUT2D eigenvalue weighted by Gasteiger charge is -2.12. The molecule has 1 aliphatic rings. The van der Waals surface area contributed by atoms with Crippen LogP contribution >= 0.6 is 0 Å². The van der Waals surface area contributed by atoms with Crippen molar-refractivity contribution < 1.29 is 0 Å². The first-order valence-electron chi connectivity index (χ1n) is 7.21. The van der Waals surface area contributed by atoms with E-state index in [0.29, 0.717) is 0 Å². The number of hydrogen-bond acceptors (Lipinski definition) is 0. The number of allylic oxidation sites excluding steroid dienone is 1. The summed E-state index contributed by atoms with van der Waals surface area (Å²) in [6, 6.07) is 17.3. The Morgan fingerprint density at radius 2 is 1.80 bits per heavy atom. The molecule has 1 heteroatoms. The summed E-state index contributed by atoms with van der Waals surface area (Å²) < 4.78 is 2.41. The molecule has 0 atom stereocenters. The lowest BCUT2D eigenvalue weighted by molar-refractivity contribution is 0.967. The monoisotopic (exact) mass is 259 g/mol. The molecule has 0 fully saturated rings. The molecule has 0 amide bonds. The van der Waals surface area contributed by atoms with E-state index in [-0.39, 0.29) is 0 Å². The maximum absolute atomic E-state index is 2.41. The minimum absolute atomic E-state index is 1.14. The smallest absolute Gasteiger partial charge is 0.0566 e. The molecular formula is C19H17N. The minimum atomic E-state index is 1.14. The molecule has 0 spiro atoms. The third kappa shape index (κ3) is 1.56. The standard InChI is InChI=1S/C19H17N/c1-14-8-7-12-17-16-11-5-6-13-18(16)20(19(14)17)15-9-3-2-4-10-15/h2-4,6-10,12-13H,5,11H2,1H3. The molecule has 20 heavy (non-hydrogen) atoms. The van der Waals surface area contributed by atoms with Gasteiger partial charge in [-0.1, -0.05) is 42.5 Å². The lowest BCUT2D eigenvalue weighted by Crippen LogP contribution is -2.00. The summed E-state index contributed by atoms with van der Waals surface area (Å²) in [6.07, 6.45) is 6.86. The van der Waals surface area contributed by atoms with E-state index in [1.165, 1.54) is 33.4 Å². The van der Waals surface area contributed by atoms with E-state index in [4.69, 9.17) is 0 Å². The van der Waals surface area contributed by atoms with Crippen LogP contribution in [-0.2, 0) is 6.42 Å². The first-order chi connectivity index (χ1) is 9.86. The van der Waals surface area contributed by atoms with Gasteiger partial charge in [-0.05, 0) is 49.1 Å². The highest BCUT2D eigenvalue weighted by molar-refractivity contribution is 5.92. The average molecular weight is 259 g/mol. The number of aromatic nitrogens is 1. The van der Waals surface area contributed by atoms with Gasteiger partial charge in [-0.15, -0.1) is 0 Å². The second-order valence-corrected chi connectivity index (χ2v) is 5.45. The third-order valence-corrected chi connectivity index (χ3v) is 4.19. The predicted octanol–water partition coefficient (Wildman–Crippen LogP) is 4.90. The Labute approximate surface area is 119 Å². The van der Waals surface area contributed by atoms with Crippen LogP contribution in [0, 0.1) is 6.92 Å².